The number of hydrogen-bond acceptors (Lipinski definition) is 2. The van der Waals surface area contributed by atoms with Gasteiger partial charge in [0.2, 0.25) is 11.8 Å². The molecule has 0 atom stereocenters. The zero-order chi connectivity index (χ0) is 15.5. The van der Waals surface area contributed by atoms with E-state index in [0.29, 0.717) is 0 Å². The van der Waals surface area contributed by atoms with E-state index < -0.39 is 9.12 Å². The highest BCUT2D eigenvalue weighted by Crippen LogP contribution is 2.09. The van der Waals surface area contributed by atoms with Crippen LogP contribution in [-0.2, 0) is 9.59 Å². The average Bonchev–Trinajstić information content (AvgIpc) is 2.38. The first-order valence-corrected chi connectivity index (χ1v) is 9.36. The molecule has 0 saturated heterocycles. The van der Waals surface area contributed by atoms with Crippen LogP contribution in [-0.4, -0.2) is 43.2 Å². The Balaban J connectivity index is 5.19. The summed E-state index contributed by atoms with van der Waals surface area (Å²) in [6.07, 6.45) is 6.05. The minimum Gasteiger partial charge on any atom is -0.351 e. The Hall–Kier alpha value is -1.10. The van der Waals surface area contributed by atoms with Crippen LogP contribution >= 0.6 is 0 Å². The minimum absolute atomic E-state index is 0.0796. The molecule has 0 aromatic carbocycles. The number of allylic oxidation sites excluding steroid dienone is 1. The van der Waals surface area contributed by atoms with Gasteiger partial charge in [0.25, 0.3) is 9.12 Å². The van der Waals surface area contributed by atoms with Crippen LogP contribution in [0.2, 0.25) is 0 Å². The third-order valence-electron chi connectivity index (χ3n) is 3.32. The summed E-state index contributed by atoms with van der Waals surface area (Å²) in [5.41, 5.74) is 2.08. The van der Waals surface area contributed by atoms with Gasteiger partial charge in [-0.05, 0) is 19.8 Å². The van der Waals surface area contributed by atoms with E-state index in [4.69, 9.17) is 0 Å². The fourth-order valence-electron chi connectivity index (χ4n) is 2.16. The van der Waals surface area contributed by atoms with Crippen molar-refractivity contribution in [1.82, 2.24) is 9.13 Å². The molecule has 0 heterocycles. The van der Waals surface area contributed by atoms with Crippen LogP contribution in [0.25, 0.3) is 0 Å². The largest absolute Gasteiger partial charge is 0.351 e. The molecule has 4 nitrogen and oxygen atoms in total. The van der Waals surface area contributed by atoms with Crippen LogP contribution in [0.3, 0.4) is 0 Å². The van der Waals surface area contributed by atoms with Crippen LogP contribution in [0.4, 0.5) is 0 Å². The Kier molecular flexibility index (Phi) is 10.1. The minimum atomic E-state index is -1.86. The van der Waals surface area contributed by atoms with E-state index in [0.717, 1.165) is 38.8 Å². The first-order chi connectivity index (χ1) is 9.49. The standard InChI is InChI=1S/C15H30N2O2Si/c1-6-9-11-16(14(4)18)20(13-8-3)17(15(5)19)12-10-7-2/h8,13,20H,6-7,9-12H2,1-5H3. The molecule has 116 valence electrons. The van der Waals surface area contributed by atoms with Crippen molar-refractivity contribution in [1.29, 1.82) is 0 Å². The predicted octanol–water partition coefficient (Wildman–Crippen LogP) is 2.62. The molecular formula is C15H30N2O2Si. The van der Waals surface area contributed by atoms with Crippen molar-refractivity contribution in [2.24, 2.45) is 0 Å². The van der Waals surface area contributed by atoms with Gasteiger partial charge >= 0.3 is 0 Å². The third kappa shape index (κ3) is 6.37. The Labute approximate surface area is 125 Å². The van der Waals surface area contributed by atoms with Gasteiger partial charge in [-0.25, -0.2) is 0 Å². The zero-order valence-electron chi connectivity index (χ0n) is 13.7. The van der Waals surface area contributed by atoms with Gasteiger partial charge in [-0.15, -0.1) is 0 Å². The highest BCUT2D eigenvalue weighted by molar-refractivity contribution is 6.63. The molecule has 5 heteroatoms. The van der Waals surface area contributed by atoms with Crippen molar-refractivity contribution in [2.45, 2.75) is 60.3 Å². The monoisotopic (exact) mass is 298 g/mol. The summed E-state index contributed by atoms with van der Waals surface area (Å²) in [4.78, 5) is 23.9. The molecule has 0 saturated carbocycles. The van der Waals surface area contributed by atoms with Crippen LogP contribution in [0, 0.1) is 0 Å². The molecule has 0 unspecified atom stereocenters. The van der Waals surface area contributed by atoms with Gasteiger partial charge in [-0.1, -0.05) is 38.5 Å². The average molecular weight is 299 g/mol. The van der Waals surface area contributed by atoms with Crippen molar-refractivity contribution in [2.75, 3.05) is 13.1 Å². The highest BCUT2D eigenvalue weighted by atomic mass is 28.3. The lowest BCUT2D eigenvalue weighted by Crippen LogP contribution is -2.56. The van der Waals surface area contributed by atoms with Gasteiger partial charge in [0, 0.05) is 26.9 Å². The second-order valence-corrected chi connectivity index (χ2v) is 7.53. The second-order valence-electron chi connectivity index (χ2n) is 5.07. The molecule has 0 radical (unpaired) electrons. The summed E-state index contributed by atoms with van der Waals surface area (Å²) < 4.78 is 3.86. The summed E-state index contributed by atoms with van der Waals surface area (Å²) in [7, 11) is -1.86. The summed E-state index contributed by atoms with van der Waals surface area (Å²) >= 11 is 0. The number of hydrogen-bond donors (Lipinski definition) is 0. The SMILES string of the molecule is CC=C[SiH](N(CCCC)C(C)=O)N(CCCC)C(C)=O. The van der Waals surface area contributed by atoms with Crippen molar-refractivity contribution in [3.05, 3.63) is 11.8 Å². The number of amides is 2. The number of nitrogens with zero attached hydrogens (tertiary/aromatic N) is 2. The Morgan fingerprint density at radius 2 is 1.35 bits per heavy atom. The fraction of sp³-hybridized carbons (Fsp3) is 0.733. The normalized spacial score (nSPS) is 11.1. The van der Waals surface area contributed by atoms with E-state index in [1.54, 1.807) is 13.8 Å². The van der Waals surface area contributed by atoms with E-state index in [1.165, 1.54) is 0 Å². The van der Waals surface area contributed by atoms with Crippen molar-refractivity contribution in [3.63, 3.8) is 0 Å². The van der Waals surface area contributed by atoms with Gasteiger partial charge < -0.3 is 9.13 Å². The summed E-state index contributed by atoms with van der Waals surface area (Å²) in [5, 5.41) is 0. The summed E-state index contributed by atoms with van der Waals surface area (Å²) in [5.74, 6) is 0.159. The summed E-state index contributed by atoms with van der Waals surface area (Å²) in [6, 6.07) is 0. The Bertz CT molecular complexity index is 306. The maximum Gasteiger partial charge on any atom is 0.277 e. The lowest BCUT2D eigenvalue weighted by atomic mass is 10.3. The van der Waals surface area contributed by atoms with E-state index in [1.807, 2.05) is 22.1 Å². The molecule has 0 aliphatic heterocycles. The summed E-state index contributed by atoms with van der Waals surface area (Å²) in [6.45, 7) is 10.9. The predicted molar refractivity (Wildman–Crippen MR) is 86.6 cm³/mol. The van der Waals surface area contributed by atoms with Crippen molar-refractivity contribution in [3.8, 4) is 0 Å². The third-order valence-corrected chi connectivity index (χ3v) is 6.57. The molecule has 0 fully saturated rings. The van der Waals surface area contributed by atoms with Gasteiger partial charge in [-0.2, -0.15) is 0 Å². The van der Waals surface area contributed by atoms with Gasteiger partial charge in [0.15, 0.2) is 0 Å². The molecule has 0 N–H and O–H groups in total. The zero-order valence-corrected chi connectivity index (χ0v) is 14.8. The maximum absolute atomic E-state index is 12.0. The first kappa shape index (κ1) is 18.9. The molecule has 0 aromatic rings. The van der Waals surface area contributed by atoms with Crippen molar-refractivity contribution < 1.29 is 9.59 Å². The molecule has 20 heavy (non-hydrogen) atoms. The van der Waals surface area contributed by atoms with E-state index in [-0.39, 0.29) is 11.8 Å². The van der Waals surface area contributed by atoms with Gasteiger partial charge in [0.1, 0.15) is 0 Å². The quantitative estimate of drug-likeness (QED) is 0.614. The molecule has 0 aromatic heterocycles. The fourth-order valence-corrected chi connectivity index (χ4v) is 4.89. The topological polar surface area (TPSA) is 40.6 Å². The molecule has 0 bridgehead atoms. The number of carbonyl (C=O) groups excluding carboxylic acids is 2. The van der Waals surface area contributed by atoms with Gasteiger partial charge in [0.05, 0.1) is 0 Å². The molecular weight excluding hydrogens is 268 g/mol. The number of carbonyl (C=O) groups is 2. The molecule has 0 spiro atoms. The van der Waals surface area contributed by atoms with Crippen LogP contribution in [0.1, 0.15) is 60.3 Å². The maximum atomic E-state index is 12.0. The molecule has 2 amide bonds. The number of unbranched alkanes of at least 4 members (excludes halogenated alkanes) is 2. The Morgan fingerprint density at radius 1 is 0.950 bits per heavy atom. The van der Waals surface area contributed by atoms with Gasteiger partial charge in [-0.3, -0.25) is 9.59 Å². The first-order valence-electron chi connectivity index (χ1n) is 7.66. The van der Waals surface area contributed by atoms with E-state index >= 15 is 0 Å². The lowest BCUT2D eigenvalue weighted by Gasteiger charge is -2.36. The van der Waals surface area contributed by atoms with E-state index in [2.05, 4.69) is 19.5 Å². The highest BCUT2D eigenvalue weighted by Gasteiger charge is 2.28. The molecule has 0 aliphatic rings. The van der Waals surface area contributed by atoms with Crippen LogP contribution in [0.5, 0.6) is 0 Å². The van der Waals surface area contributed by atoms with Crippen molar-refractivity contribution >= 4 is 20.9 Å². The molecule has 0 aliphatic carbocycles. The van der Waals surface area contributed by atoms with E-state index in [9.17, 15) is 9.59 Å². The molecule has 0 rings (SSSR count). The van der Waals surface area contributed by atoms with Crippen LogP contribution < -0.4 is 0 Å². The van der Waals surface area contributed by atoms with Crippen LogP contribution in [0.15, 0.2) is 11.8 Å². The smallest absolute Gasteiger partial charge is 0.277 e. The lowest BCUT2D eigenvalue weighted by molar-refractivity contribution is -0.126. The Morgan fingerprint density at radius 3 is 1.60 bits per heavy atom. The number of rotatable bonds is 9. The second kappa shape index (κ2) is 10.7.